The van der Waals surface area contributed by atoms with Crippen molar-refractivity contribution in [1.29, 1.82) is 0 Å². The van der Waals surface area contributed by atoms with Crippen molar-refractivity contribution in [3.63, 3.8) is 0 Å². The molecule has 11 heteroatoms. The fraction of sp³-hybridized carbons (Fsp3) is 0.591. The zero-order valence-corrected chi connectivity index (χ0v) is 23.4. The molecule has 0 aromatic heterocycles. The number of benzene rings is 1. The van der Waals surface area contributed by atoms with Crippen molar-refractivity contribution >= 4 is 46.1 Å². The Labute approximate surface area is 202 Å². The zero-order chi connectivity index (χ0) is 24.9. The van der Waals surface area contributed by atoms with E-state index in [4.69, 9.17) is 4.43 Å². The predicted molar refractivity (Wildman–Crippen MR) is 135 cm³/mol. The van der Waals surface area contributed by atoms with Gasteiger partial charge in [0.05, 0.1) is 0 Å². The average Bonchev–Trinajstić information content (AvgIpc) is 2.91. The number of β-lactam (4-membered cyclic amide) rings is 1. The van der Waals surface area contributed by atoms with E-state index in [1.54, 1.807) is 29.2 Å². The first kappa shape index (κ1) is 25.8. The predicted octanol–water partition coefficient (Wildman–Crippen LogP) is 2.78. The largest absolute Gasteiger partial charge is 0.518 e. The third kappa shape index (κ3) is 5.64. The first-order valence-electron chi connectivity index (χ1n) is 11.1. The Kier molecular flexibility index (Phi) is 6.84. The molecule has 0 radical (unpaired) electrons. The number of fused-ring (bicyclic) bond motifs is 1. The van der Waals surface area contributed by atoms with Gasteiger partial charge in [0.25, 0.3) is 0 Å². The van der Waals surface area contributed by atoms with E-state index >= 15 is 0 Å². The second-order valence-electron chi connectivity index (χ2n) is 11.2. The molecule has 2 aliphatic rings. The SMILES string of the molecule is CC1(C)SC2C(NC(=O)C(N[Si](C)(C)C)c3ccc(O)cc3)C(=O)N2C1C(=O)O[Si](C)(C)C. The molecule has 0 bridgehead atoms. The maximum absolute atomic E-state index is 13.3. The number of aromatic hydroxyl groups is 1. The lowest BCUT2D eigenvalue weighted by Gasteiger charge is -2.44. The summed E-state index contributed by atoms with van der Waals surface area (Å²) in [5.74, 6) is -0.805. The van der Waals surface area contributed by atoms with Gasteiger partial charge in [-0.3, -0.25) is 14.4 Å². The Morgan fingerprint density at radius 2 is 1.70 bits per heavy atom. The number of hydrogen-bond donors (Lipinski definition) is 3. The number of thioether (sulfide) groups is 1. The van der Waals surface area contributed by atoms with Crippen LogP contribution in [0.5, 0.6) is 5.75 Å². The Bertz CT molecular complexity index is 943. The molecule has 4 atom stereocenters. The lowest BCUT2D eigenvalue weighted by molar-refractivity contribution is -0.160. The Balaban J connectivity index is 1.78. The molecule has 8 nitrogen and oxygen atoms in total. The number of nitrogens with one attached hydrogen (secondary N) is 2. The van der Waals surface area contributed by atoms with Crippen molar-refractivity contribution in [2.45, 2.75) is 81.4 Å². The summed E-state index contributed by atoms with van der Waals surface area (Å²) < 4.78 is 5.19. The molecule has 2 saturated heterocycles. The number of nitrogens with zero attached hydrogens (tertiary/aromatic N) is 1. The fourth-order valence-electron chi connectivity index (χ4n) is 4.12. The van der Waals surface area contributed by atoms with Gasteiger partial charge in [0.15, 0.2) is 0 Å². The van der Waals surface area contributed by atoms with Crippen LogP contribution in [0.3, 0.4) is 0 Å². The van der Waals surface area contributed by atoms with Gasteiger partial charge in [0.1, 0.15) is 37.5 Å². The Hall–Kier alpha value is -1.83. The Morgan fingerprint density at radius 1 is 1.12 bits per heavy atom. The summed E-state index contributed by atoms with van der Waals surface area (Å²) in [4.78, 5) is 44.3. The standard InChI is InChI=1S/C22H35N3O5SSi2/c1-22(2)17(21(29)30-33(6,7)8)25-19(28)16(20(25)31-22)23-18(27)15(24-32(3,4)5)13-9-11-14(26)12-10-13/h9-12,15-17,20,24,26H,1-8H3,(H,23,27). The molecule has 0 spiro atoms. The molecule has 33 heavy (non-hydrogen) atoms. The van der Waals surface area contributed by atoms with Crippen LogP contribution in [0.25, 0.3) is 0 Å². The topological polar surface area (TPSA) is 108 Å². The number of hydrogen-bond acceptors (Lipinski definition) is 7. The van der Waals surface area contributed by atoms with Gasteiger partial charge in [0.2, 0.25) is 20.1 Å². The van der Waals surface area contributed by atoms with Crippen molar-refractivity contribution in [3.05, 3.63) is 29.8 Å². The highest BCUT2D eigenvalue weighted by Gasteiger charge is 2.64. The van der Waals surface area contributed by atoms with Gasteiger partial charge in [-0.1, -0.05) is 31.8 Å². The van der Waals surface area contributed by atoms with E-state index in [9.17, 15) is 19.5 Å². The van der Waals surface area contributed by atoms with Crippen LogP contribution in [0.1, 0.15) is 25.5 Å². The second kappa shape index (κ2) is 8.75. The van der Waals surface area contributed by atoms with Gasteiger partial charge in [-0.15, -0.1) is 11.8 Å². The highest BCUT2D eigenvalue weighted by atomic mass is 32.2. The van der Waals surface area contributed by atoms with Gasteiger partial charge in [-0.25, -0.2) is 0 Å². The van der Waals surface area contributed by atoms with Crippen LogP contribution >= 0.6 is 11.8 Å². The molecular formula is C22H35N3O5SSi2. The van der Waals surface area contributed by atoms with Gasteiger partial charge in [-0.2, -0.15) is 0 Å². The van der Waals surface area contributed by atoms with Crippen molar-refractivity contribution in [1.82, 2.24) is 15.2 Å². The minimum absolute atomic E-state index is 0.122. The van der Waals surface area contributed by atoms with Gasteiger partial charge >= 0.3 is 5.97 Å². The fourth-order valence-corrected chi connectivity index (χ4v) is 7.62. The summed E-state index contributed by atoms with van der Waals surface area (Å²) in [6, 6.07) is 4.48. The molecule has 3 N–H and O–H groups in total. The third-order valence-electron chi connectivity index (χ3n) is 5.43. The molecule has 2 amide bonds. The highest BCUT2D eigenvalue weighted by molar-refractivity contribution is 8.01. The number of phenols is 1. The molecule has 2 fully saturated rings. The van der Waals surface area contributed by atoms with Gasteiger partial charge < -0.3 is 24.7 Å². The normalized spacial score (nSPS) is 25.2. The molecule has 3 rings (SSSR count). The van der Waals surface area contributed by atoms with E-state index in [0.29, 0.717) is 5.56 Å². The summed E-state index contributed by atoms with van der Waals surface area (Å²) in [5.41, 5.74) is 0.715. The molecule has 182 valence electrons. The average molecular weight is 510 g/mol. The summed E-state index contributed by atoms with van der Waals surface area (Å²) in [6.07, 6.45) is 0. The maximum Gasteiger partial charge on any atom is 0.317 e. The summed E-state index contributed by atoms with van der Waals surface area (Å²) in [5, 5.41) is 12.2. The molecule has 1 aromatic carbocycles. The number of carbonyl (C=O) groups is 3. The van der Waals surface area contributed by atoms with Crippen LogP contribution in [0.15, 0.2) is 24.3 Å². The first-order chi connectivity index (χ1) is 15.0. The van der Waals surface area contributed by atoms with Crippen molar-refractivity contribution in [2.24, 2.45) is 0 Å². The zero-order valence-electron chi connectivity index (χ0n) is 20.6. The maximum atomic E-state index is 13.3. The van der Waals surface area contributed by atoms with E-state index in [-0.39, 0.29) is 28.9 Å². The highest BCUT2D eigenvalue weighted by Crippen LogP contribution is 2.51. The molecule has 0 aliphatic carbocycles. The molecule has 0 saturated carbocycles. The van der Waals surface area contributed by atoms with Crippen molar-refractivity contribution in [3.8, 4) is 5.75 Å². The smallest absolute Gasteiger partial charge is 0.317 e. The van der Waals surface area contributed by atoms with E-state index in [2.05, 4.69) is 29.9 Å². The quantitative estimate of drug-likeness (QED) is 0.383. The van der Waals surface area contributed by atoms with E-state index in [1.807, 2.05) is 33.5 Å². The van der Waals surface area contributed by atoms with Crippen molar-refractivity contribution in [2.75, 3.05) is 0 Å². The summed E-state index contributed by atoms with van der Waals surface area (Å²) >= 11 is 1.52. The minimum atomic E-state index is -2.11. The lowest BCUT2D eigenvalue weighted by atomic mass is 9.95. The second-order valence-corrected chi connectivity index (χ2v) is 22.2. The minimum Gasteiger partial charge on any atom is -0.518 e. The first-order valence-corrected chi connectivity index (χ1v) is 18.9. The molecular weight excluding hydrogens is 474 g/mol. The lowest BCUT2D eigenvalue weighted by Crippen LogP contribution is -2.71. The molecule has 1 aromatic rings. The molecule has 2 aliphatic heterocycles. The summed E-state index contributed by atoms with van der Waals surface area (Å²) in [6.45, 7) is 16.0. The molecule has 4 unspecified atom stereocenters. The third-order valence-corrected chi connectivity index (χ3v) is 8.97. The van der Waals surface area contributed by atoms with Crippen LogP contribution < -0.4 is 10.3 Å². The van der Waals surface area contributed by atoms with Gasteiger partial charge in [0, 0.05) is 4.75 Å². The molecule has 2 heterocycles. The number of amides is 2. The van der Waals surface area contributed by atoms with E-state index in [1.165, 1.54) is 11.8 Å². The monoisotopic (exact) mass is 509 g/mol. The van der Waals surface area contributed by atoms with Crippen LogP contribution in [-0.4, -0.2) is 66.5 Å². The van der Waals surface area contributed by atoms with Crippen molar-refractivity contribution < 1.29 is 23.9 Å². The number of rotatable bonds is 7. The van der Waals surface area contributed by atoms with Crippen LogP contribution in [-0.2, 0) is 18.8 Å². The van der Waals surface area contributed by atoms with Crippen LogP contribution in [0, 0.1) is 0 Å². The Morgan fingerprint density at radius 3 is 2.21 bits per heavy atom. The van der Waals surface area contributed by atoms with Gasteiger partial charge in [-0.05, 0) is 51.2 Å². The number of carbonyl (C=O) groups excluding carboxylic acids is 3. The van der Waals surface area contributed by atoms with Crippen LogP contribution in [0.4, 0.5) is 0 Å². The summed E-state index contributed by atoms with van der Waals surface area (Å²) in [7, 11) is -3.98. The van der Waals surface area contributed by atoms with E-state index < -0.39 is 39.4 Å². The van der Waals surface area contributed by atoms with E-state index in [0.717, 1.165) is 0 Å². The number of phenolic OH excluding ortho intramolecular Hbond substituents is 1. The van der Waals surface area contributed by atoms with Crippen LogP contribution in [0.2, 0.25) is 39.3 Å².